The number of fused-ring (bicyclic) bond motifs is 5. The lowest BCUT2D eigenvalue weighted by Gasteiger charge is -2.13. The lowest BCUT2D eigenvalue weighted by atomic mass is 9.94. The summed E-state index contributed by atoms with van der Waals surface area (Å²) in [6.07, 6.45) is 5.59. The van der Waals surface area contributed by atoms with Gasteiger partial charge in [-0.15, -0.1) is 0 Å². The van der Waals surface area contributed by atoms with Crippen molar-refractivity contribution in [1.29, 1.82) is 0 Å². The first-order valence-corrected chi connectivity index (χ1v) is 13.8. The molecule has 3 nitrogen and oxygen atoms in total. The van der Waals surface area contributed by atoms with E-state index in [0.29, 0.717) is 0 Å². The van der Waals surface area contributed by atoms with Crippen LogP contribution in [0.5, 0.6) is 0 Å². The van der Waals surface area contributed by atoms with E-state index in [4.69, 9.17) is 0 Å². The number of hydrogen-bond donors (Lipinski definition) is 0. The molecule has 0 fully saturated rings. The van der Waals surface area contributed by atoms with E-state index < -0.39 is 0 Å². The second-order valence-electron chi connectivity index (χ2n) is 10.3. The molecule has 8 rings (SSSR count). The lowest BCUT2D eigenvalue weighted by molar-refractivity contribution is 1.18. The highest BCUT2D eigenvalue weighted by molar-refractivity contribution is 6.24. The largest absolute Gasteiger partial charge is 0.309 e. The van der Waals surface area contributed by atoms with E-state index >= 15 is 0 Å². The summed E-state index contributed by atoms with van der Waals surface area (Å²) in [6.45, 7) is 0. The Kier molecular flexibility index (Phi) is 5.46. The van der Waals surface area contributed by atoms with Crippen LogP contribution < -0.4 is 0 Å². The maximum Gasteiger partial charge on any atom is 0.0701 e. The summed E-state index contributed by atoms with van der Waals surface area (Å²) in [4.78, 5) is 8.90. The first kappa shape index (κ1) is 23.4. The van der Waals surface area contributed by atoms with Crippen LogP contribution in [0.4, 0.5) is 0 Å². The molecule has 0 amide bonds. The van der Waals surface area contributed by atoms with E-state index in [1.807, 2.05) is 36.8 Å². The second kappa shape index (κ2) is 9.58. The summed E-state index contributed by atoms with van der Waals surface area (Å²) in [6, 6.07) is 47.5. The van der Waals surface area contributed by atoms with Crippen molar-refractivity contribution in [2.45, 2.75) is 0 Å². The standard InChI is InChI=1S/C38H25N3/c1-2-10-30(11-3-1)41-36-23-28(29-9-8-21-39-25-29)19-20-33(36)38-32-13-5-4-12-31(32)34(24-37(38)41)26-15-17-27(18-16-26)35-14-6-7-22-40-35/h1-25H. The van der Waals surface area contributed by atoms with Crippen LogP contribution in [0, 0.1) is 0 Å². The summed E-state index contributed by atoms with van der Waals surface area (Å²) in [5.74, 6) is 0. The molecule has 0 aliphatic carbocycles. The van der Waals surface area contributed by atoms with Gasteiger partial charge in [-0.2, -0.15) is 0 Å². The van der Waals surface area contributed by atoms with Crippen molar-refractivity contribution in [3.63, 3.8) is 0 Å². The fourth-order valence-electron chi connectivity index (χ4n) is 6.04. The highest BCUT2D eigenvalue weighted by Crippen LogP contribution is 2.42. The van der Waals surface area contributed by atoms with Crippen molar-refractivity contribution in [3.8, 4) is 39.2 Å². The number of para-hydroxylation sites is 1. The third-order valence-corrected chi connectivity index (χ3v) is 7.94. The summed E-state index contributed by atoms with van der Waals surface area (Å²) in [5.41, 5.74) is 10.3. The molecule has 3 aromatic heterocycles. The van der Waals surface area contributed by atoms with Crippen molar-refractivity contribution < 1.29 is 0 Å². The highest BCUT2D eigenvalue weighted by atomic mass is 15.0. The van der Waals surface area contributed by atoms with Gasteiger partial charge in [-0.1, -0.05) is 91.0 Å². The summed E-state index contributed by atoms with van der Waals surface area (Å²) in [7, 11) is 0. The molecule has 0 N–H and O–H groups in total. The van der Waals surface area contributed by atoms with Gasteiger partial charge in [0, 0.05) is 46.2 Å². The summed E-state index contributed by atoms with van der Waals surface area (Å²) < 4.78 is 2.41. The van der Waals surface area contributed by atoms with Crippen LogP contribution in [0.2, 0.25) is 0 Å². The van der Waals surface area contributed by atoms with Crippen LogP contribution in [0.1, 0.15) is 0 Å². The minimum Gasteiger partial charge on any atom is -0.309 e. The van der Waals surface area contributed by atoms with Crippen molar-refractivity contribution >= 4 is 32.6 Å². The van der Waals surface area contributed by atoms with Crippen LogP contribution in [0.3, 0.4) is 0 Å². The molecule has 0 unspecified atom stereocenters. The van der Waals surface area contributed by atoms with E-state index in [1.165, 1.54) is 43.7 Å². The molecule has 3 heterocycles. The molecule has 8 aromatic rings. The molecule has 0 saturated carbocycles. The normalized spacial score (nSPS) is 11.4. The number of nitrogens with zero attached hydrogens (tertiary/aromatic N) is 3. The predicted molar refractivity (Wildman–Crippen MR) is 170 cm³/mol. The molecule has 0 saturated heterocycles. The van der Waals surface area contributed by atoms with Crippen molar-refractivity contribution in [2.75, 3.05) is 0 Å². The van der Waals surface area contributed by atoms with E-state index in [9.17, 15) is 0 Å². The SMILES string of the molecule is c1ccc(-n2c3cc(-c4cccnc4)ccc3c3c4ccccc4c(-c4ccc(-c5ccccn5)cc4)cc32)cc1. The molecule has 41 heavy (non-hydrogen) atoms. The molecule has 0 aliphatic heterocycles. The van der Waals surface area contributed by atoms with Gasteiger partial charge in [0.1, 0.15) is 0 Å². The van der Waals surface area contributed by atoms with Gasteiger partial charge in [0.15, 0.2) is 0 Å². The third kappa shape index (κ3) is 3.90. The Hall–Kier alpha value is -5.54. The fourth-order valence-corrected chi connectivity index (χ4v) is 6.04. The van der Waals surface area contributed by atoms with Gasteiger partial charge in [0.2, 0.25) is 0 Å². The van der Waals surface area contributed by atoms with Crippen LogP contribution >= 0.6 is 0 Å². The molecular weight excluding hydrogens is 498 g/mol. The average molecular weight is 524 g/mol. The smallest absolute Gasteiger partial charge is 0.0701 e. The predicted octanol–water partition coefficient (Wildman–Crippen LogP) is 9.73. The van der Waals surface area contributed by atoms with Crippen LogP contribution in [-0.4, -0.2) is 14.5 Å². The van der Waals surface area contributed by atoms with Gasteiger partial charge in [-0.25, -0.2) is 0 Å². The number of hydrogen-bond acceptors (Lipinski definition) is 2. The number of aromatic nitrogens is 3. The zero-order valence-corrected chi connectivity index (χ0v) is 22.3. The zero-order valence-electron chi connectivity index (χ0n) is 22.3. The van der Waals surface area contributed by atoms with Crippen LogP contribution in [0.25, 0.3) is 71.8 Å². The first-order chi connectivity index (χ1) is 20.3. The van der Waals surface area contributed by atoms with Crippen molar-refractivity contribution in [3.05, 3.63) is 152 Å². The van der Waals surface area contributed by atoms with Gasteiger partial charge in [-0.05, 0) is 69.9 Å². The minimum atomic E-state index is 0.980. The lowest BCUT2D eigenvalue weighted by Crippen LogP contribution is -1.94. The monoisotopic (exact) mass is 523 g/mol. The summed E-state index contributed by atoms with van der Waals surface area (Å²) >= 11 is 0. The molecule has 5 aromatic carbocycles. The Morgan fingerprint density at radius 3 is 2.00 bits per heavy atom. The maximum atomic E-state index is 4.53. The molecule has 0 aliphatic rings. The maximum absolute atomic E-state index is 4.53. The second-order valence-corrected chi connectivity index (χ2v) is 10.3. The average Bonchev–Trinajstić information content (AvgIpc) is 3.39. The Morgan fingerprint density at radius 1 is 0.463 bits per heavy atom. The first-order valence-electron chi connectivity index (χ1n) is 13.8. The van der Waals surface area contributed by atoms with Gasteiger partial charge in [0.25, 0.3) is 0 Å². The minimum absolute atomic E-state index is 0.980. The van der Waals surface area contributed by atoms with Gasteiger partial charge >= 0.3 is 0 Å². The van der Waals surface area contributed by atoms with Gasteiger partial charge in [-0.3, -0.25) is 9.97 Å². The Labute approximate surface area is 238 Å². The molecule has 0 bridgehead atoms. The Morgan fingerprint density at radius 2 is 1.22 bits per heavy atom. The van der Waals surface area contributed by atoms with Gasteiger partial charge < -0.3 is 4.57 Å². The van der Waals surface area contributed by atoms with E-state index in [1.54, 1.807) is 0 Å². The molecule has 0 radical (unpaired) electrons. The van der Waals surface area contributed by atoms with E-state index in [2.05, 4.69) is 130 Å². The highest BCUT2D eigenvalue weighted by Gasteiger charge is 2.18. The molecule has 3 heteroatoms. The van der Waals surface area contributed by atoms with E-state index in [0.717, 1.165) is 28.1 Å². The Balaban J connectivity index is 1.43. The third-order valence-electron chi connectivity index (χ3n) is 7.94. The van der Waals surface area contributed by atoms with Gasteiger partial charge in [0.05, 0.1) is 16.7 Å². The van der Waals surface area contributed by atoms with Crippen molar-refractivity contribution in [1.82, 2.24) is 14.5 Å². The van der Waals surface area contributed by atoms with Crippen LogP contribution in [-0.2, 0) is 0 Å². The Bertz CT molecular complexity index is 2160. The fraction of sp³-hybridized carbons (Fsp3) is 0. The molecule has 0 spiro atoms. The quantitative estimate of drug-likeness (QED) is 0.230. The topological polar surface area (TPSA) is 30.7 Å². The summed E-state index contributed by atoms with van der Waals surface area (Å²) in [5, 5.41) is 5.01. The van der Waals surface area contributed by atoms with E-state index in [-0.39, 0.29) is 0 Å². The molecular formula is C38H25N3. The molecule has 192 valence electrons. The van der Waals surface area contributed by atoms with Crippen LogP contribution in [0.15, 0.2) is 152 Å². The number of benzene rings is 5. The molecule has 0 atom stereocenters. The van der Waals surface area contributed by atoms with Crippen molar-refractivity contribution in [2.24, 2.45) is 0 Å². The number of rotatable bonds is 4. The zero-order chi connectivity index (χ0) is 27.2. The number of pyridine rings is 2.